The minimum absolute atomic E-state index is 0.524. The van der Waals surface area contributed by atoms with Crippen molar-refractivity contribution in [2.24, 2.45) is 11.8 Å². The molecule has 34 heavy (non-hydrogen) atoms. The highest BCUT2D eigenvalue weighted by molar-refractivity contribution is 7.28. The number of rotatable bonds is 5. The molecule has 1 unspecified atom stereocenters. The largest absolute Gasteiger partial charge is 0.105 e. The Kier molecular flexibility index (Phi) is 10.7. The van der Waals surface area contributed by atoms with E-state index in [9.17, 15) is 0 Å². The van der Waals surface area contributed by atoms with Crippen LogP contribution >= 0.6 is 9.24 Å². The molecule has 2 aromatic rings. The predicted molar refractivity (Wildman–Crippen MR) is 157 cm³/mol. The highest BCUT2D eigenvalue weighted by Crippen LogP contribution is 2.39. The lowest BCUT2D eigenvalue weighted by Gasteiger charge is -2.32. The highest BCUT2D eigenvalue weighted by Gasteiger charge is 2.24. The van der Waals surface area contributed by atoms with Gasteiger partial charge in [-0.2, -0.15) is 0 Å². The van der Waals surface area contributed by atoms with Crippen molar-refractivity contribution >= 4 is 14.5 Å². The molecule has 2 fully saturated rings. The first kappa shape index (κ1) is 27.5. The predicted octanol–water partition coefficient (Wildman–Crippen LogP) is 10.4. The molecule has 2 aliphatic carbocycles. The van der Waals surface area contributed by atoms with Crippen LogP contribution < -0.4 is 5.30 Å². The monoisotopic (exact) mass is 478 g/mol. The molecule has 4 rings (SSSR count). The van der Waals surface area contributed by atoms with E-state index in [2.05, 4.69) is 87.2 Å². The van der Waals surface area contributed by atoms with Gasteiger partial charge in [0.25, 0.3) is 0 Å². The summed E-state index contributed by atoms with van der Waals surface area (Å²) in [6.07, 6.45) is 15.4. The maximum absolute atomic E-state index is 2.90. The maximum Gasteiger partial charge on any atom is -0.0107 e. The van der Waals surface area contributed by atoms with Crippen molar-refractivity contribution in [2.45, 2.75) is 124 Å². The molecule has 0 spiro atoms. The standard InChI is InChI=1S/C21H29P.C12H22/c1-13(2)16-11-18(14(3)4)21(19(12-16)15(5)6)17-9-7-8-10-20(17)22;1-3-7-11(8-4-1)12-9-5-2-6-10-12/h7-15H,22H2,1-6H3;11-12H,1-10H2. The van der Waals surface area contributed by atoms with E-state index in [1.54, 1.807) is 25.7 Å². The lowest BCUT2D eigenvalue weighted by Crippen LogP contribution is -2.20. The molecule has 0 heterocycles. The zero-order chi connectivity index (χ0) is 24.7. The van der Waals surface area contributed by atoms with Gasteiger partial charge in [0, 0.05) is 0 Å². The van der Waals surface area contributed by atoms with Gasteiger partial charge in [0.2, 0.25) is 0 Å². The summed E-state index contributed by atoms with van der Waals surface area (Å²) < 4.78 is 0. The summed E-state index contributed by atoms with van der Waals surface area (Å²) in [7, 11) is 2.90. The number of hydrogen-bond acceptors (Lipinski definition) is 0. The van der Waals surface area contributed by atoms with E-state index in [1.807, 2.05) is 0 Å². The van der Waals surface area contributed by atoms with Crippen LogP contribution in [0.1, 0.15) is 140 Å². The lowest BCUT2D eigenvalue weighted by molar-refractivity contribution is 0.196. The summed E-state index contributed by atoms with van der Waals surface area (Å²) >= 11 is 0. The molecule has 2 aromatic carbocycles. The van der Waals surface area contributed by atoms with Crippen LogP contribution in [0.15, 0.2) is 36.4 Å². The molecule has 2 saturated carbocycles. The van der Waals surface area contributed by atoms with Gasteiger partial charge in [0.15, 0.2) is 0 Å². The van der Waals surface area contributed by atoms with Crippen LogP contribution in [-0.4, -0.2) is 0 Å². The summed E-state index contributed by atoms with van der Waals surface area (Å²) in [6.45, 7) is 13.8. The molecule has 0 N–H and O–H groups in total. The van der Waals surface area contributed by atoms with Crippen molar-refractivity contribution < 1.29 is 0 Å². The van der Waals surface area contributed by atoms with E-state index in [-0.39, 0.29) is 0 Å². The van der Waals surface area contributed by atoms with Crippen LogP contribution in [0.3, 0.4) is 0 Å². The minimum Gasteiger partial charge on any atom is -0.105 e. The van der Waals surface area contributed by atoms with E-state index in [0.29, 0.717) is 17.8 Å². The number of hydrogen-bond donors (Lipinski definition) is 0. The van der Waals surface area contributed by atoms with Crippen LogP contribution in [0, 0.1) is 11.8 Å². The summed E-state index contributed by atoms with van der Waals surface area (Å²) in [4.78, 5) is 0. The average Bonchev–Trinajstić information content (AvgIpc) is 2.85. The van der Waals surface area contributed by atoms with E-state index in [4.69, 9.17) is 0 Å². The van der Waals surface area contributed by atoms with Crippen molar-refractivity contribution in [1.82, 2.24) is 0 Å². The van der Waals surface area contributed by atoms with Crippen LogP contribution in [0.5, 0.6) is 0 Å². The van der Waals surface area contributed by atoms with E-state index in [0.717, 1.165) is 11.8 Å². The molecular weight excluding hydrogens is 427 g/mol. The van der Waals surface area contributed by atoms with Gasteiger partial charge in [-0.15, -0.1) is 9.24 Å². The van der Waals surface area contributed by atoms with Crippen molar-refractivity contribution in [3.8, 4) is 11.1 Å². The second kappa shape index (κ2) is 13.3. The van der Waals surface area contributed by atoms with Gasteiger partial charge in [0.05, 0.1) is 0 Å². The third kappa shape index (κ3) is 7.20. The van der Waals surface area contributed by atoms with Gasteiger partial charge in [-0.25, -0.2) is 0 Å². The molecule has 0 nitrogen and oxygen atoms in total. The molecule has 2 aliphatic rings. The van der Waals surface area contributed by atoms with Gasteiger partial charge >= 0.3 is 0 Å². The molecule has 1 atom stereocenters. The fourth-order valence-electron chi connectivity index (χ4n) is 6.20. The first-order valence-electron chi connectivity index (χ1n) is 14.3. The molecule has 0 amide bonds. The summed E-state index contributed by atoms with van der Waals surface area (Å²) in [5.41, 5.74) is 7.21. The average molecular weight is 479 g/mol. The van der Waals surface area contributed by atoms with Crippen molar-refractivity contribution in [1.29, 1.82) is 0 Å². The zero-order valence-corrected chi connectivity index (χ0v) is 24.2. The third-order valence-corrected chi connectivity index (χ3v) is 8.83. The Hall–Kier alpha value is -1.13. The summed E-state index contributed by atoms with van der Waals surface area (Å²) in [6, 6.07) is 13.5. The molecule has 188 valence electrons. The molecule has 0 radical (unpaired) electrons. The fraction of sp³-hybridized carbons (Fsp3) is 0.636. The normalized spacial score (nSPS) is 17.8. The molecule has 0 bridgehead atoms. The Labute approximate surface area is 213 Å². The Balaban J connectivity index is 0.000000226. The topological polar surface area (TPSA) is 0 Å². The minimum atomic E-state index is 0.524. The van der Waals surface area contributed by atoms with E-state index >= 15 is 0 Å². The van der Waals surface area contributed by atoms with Gasteiger partial charge < -0.3 is 0 Å². The first-order valence-corrected chi connectivity index (χ1v) is 14.9. The number of benzene rings is 2. The summed E-state index contributed by atoms with van der Waals surface area (Å²) in [5.74, 6) is 3.89. The Bertz CT molecular complexity index is 834. The van der Waals surface area contributed by atoms with E-state index in [1.165, 1.54) is 71.6 Å². The Morgan fingerprint density at radius 3 is 1.44 bits per heavy atom. The van der Waals surface area contributed by atoms with Crippen LogP contribution in [0.25, 0.3) is 11.1 Å². The second-order valence-electron chi connectivity index (χ2n) is 11.9. The molecule has 1 heteroatoms. The third-order valence-electron chi connectivity index (χ3n) is 8.33. The smallest absolute Gasteiger partial charge is 0.0107 e. The quantitative estimate of drug-likeness (QED) is 0.375. The highest BCUT2D eigenvalue weighted by atomic mass is 31.0. The summed E-state index contributed by atoms with van der Waals surface area (Å²) in [5, 5.41) is 1.28. The van der Waals surface area contributed by atoms with E-state index < -0.39 is 0 Å². The van der Waals surface area contributed by atoms with Crippen molar-refractivity contribution in [2.75, 3.05) is 0 Å². The van der Waals surface area contributed by atoms with Crippen molar-refractivity contribution in [3.63, 3.8) is 0 Å². The fourth-order valence-corrected chi connectivity index (χ4v) is 6.55. The molecule has 0 saturated heterocycles. The zero-order valence-electron chi connectivity index (χ0n) is 23.0. The Morgan fingerprint density at radius 2 is 1.06 bits per heavy atom. The van der Waals surface area contributed by atoms with Crippen molar-refractivity contribution in [3.05, 3.63) is 53.1 Å². The Morgan fingerprint density at radius 1 is 0.618 bits per heavy atom. The van der Waals surface area contributed by atoms with Gasteiger partial charge in [-0.3, -0.25) is 0 Å². The van der Waals surface area contributed by atoms with Crippen LogP contribution in [0.2, 0.25) is 0 Å². The lowest BCUT2D eigenvalue weighted by atomic mass is 9.73. The molecular formula is C33H51P. The van der Waals surface area contributed by atoms with Gasteiger partial charge in [-0.1, -0.05) is 142 Å². The van der Waals surface area contributed by atoms with Gasteiger partial charge in [0.1, 0.15) is 0 Å². The first-order chi connectivity index (χ1) is 16.3. The van der Waals surface area contributed by atoms with Crippen LogP contribution in [0.4, 0.5) is 0 Å². The maximum atomic E-state index is 2.90. The molecule has 0 aromatic heterocycles. The van der Waals surface area contributed by atoms with Gasteiger partial charge in [-0.05, 0) is 62.7 Å². The second-order valence-corrected chi connectivity index (χ2v) is 12.5. The molecule has 0 aliphatic heterocycles. The SMILES string of the molecule is C1CCC(C2CCCCC2)CC1.CC(C)c1cc(C(C)C)c(-c2ccccc2P)c(C(C)C)c1. The van der Waals surface area contributed by atoms with Crippen LogP contribution in [-0.2, 0) is 0 Å².